The Hall–Kier alpha value is -3.64. The minimum atomic E-state index is 0.680. The Kier molecular flexibility index (Phi) is 5.62. The third-order valence-electron chi connectivity index (χ3n) is 5.03. The van der Waals surface area contributed by atoms with Crippen LogP contribution in [-0.2, 0) is 6.54 Å². The second-order valence-electron chi connectivity index (χ2n) is 7.17. The molecule has 2 aromatic heterocycles. The van der Waals surface area contributed by atoms with Crippen molar-refractivity contribution in [2.45, 2.75) is 13.0 Å². The molecule has 0 amide bonds. The van der Waals surface area contributed by atoms with E-state index in [2.05, 4.69) is 56.6 Å². The number of ether oxygens (including phenoxy) is 1. The van der Waals surface area contributed by atoms with Crippen molar-refractivity contribution in [2.75, 3.05) is 12.0 Å². The van der Waals surface area contributed by atoms with Crippen molar-refractivity contribution < 1.29 is 4.74 Å². The third kappa shape index (κ3) is 4.44. The zero-order chi connectivity index (χ0) is 20.9. The number of hydrazone groups is 1. The van der Waals surface area contributed by atoms with Crippen molar-refractivity contribution in [1.29, 1.82) is 0 Å². The van der Waals surface area contributed by atoms with Crippen molar-refractivity contribution in [1.82, 2.24) is 9.55 Å². The number of aryl methyl sites for hydroxylation is 1. The summed E-state index contributed by atoms with van der Waals surface area (Å²) < 4.78 is 9.24. The molecular formula is C25H22N4OS. The molecule has 5 rings (SSSR count). The molecule has 0 atom stereocenters. The van der Waals surface area contributed by atoms with Gasteiger partial charge in [0.1, 0.15) is 5.75 Å². The first-order chi connectivity index (χ1) is 15.4. The van der Waals surface area contributed by atoms with Crippen LogP contribution < -0.4 is 10.2 Å². The second-order valence-corrected chi connectivity index (χ2v) is 8.20. The molecule has 0 saturated heterocycles. The number of aromatic nitrogens is 2. The summed E-state index contributed by atoms with van der Waals surface area (Å²) >= 11 is 1.60. The van der Waals surface area contributed by atoms with E-state index in [0.717, 1.165) is 39.6 Å². The van der Waals surface area contributed by atoms with Gasteiger partial charge in [0.2, 0.25) is 5.13 Å². The molecule has 1 N–H and O–H groups in total. The average Bonchev–Trinajstić information content (AvgIpc) is 3.39. The summed E-state index contributed by atoms with van der Waals surface area (Å²) in [6.45, 7) is 1.56. The van der Waals surface area contributed by atoms with Gasteiger partial charge in [0.15, 0.2) is 0 Å². The van der Waals surface area contributed by atoms with Crippen LogP contribution in [0.5, 0.6) is 5.75 Å². The lowest BCUT2D eigenvalue weighted by molar-refractivity contribution is 0.302. The lowest BCUT2D eigenvalue weighted by atomic mass is 10.2. The zero-order valence-electron chi connectivity index (χ0n) is 16.9. The van der Waals surface area contributed by atoms with E-state index in [-0.39, 0.29) is 0 Å². The molecule has 5 nitrogen and oxygen atoms in total. The highest BCUT2D eigenvalue weighted by Crippen LogP contribution is 2.25. The van der Waals surface area contributed by atoms with Crippen LogP contribution in [-0.4, -0.2) is 22.4 Å². The maximum atomic E-state index is 5.83. The molecule has 0 bridgehead atoms. The molecule has 154 valence electrons. The van der Waals surface area contributed by atoms with E-state index in [1.165, 1.54) is 10.9 Å². The fourth-order valence-corrected chi connectivity index (χ4v) is 4.40. The van der Waals surface area contributed by atoms with Gasteiger partial charge in [-0.25, -0.2) is 4.98 Å². The van der Waals surface area contributed by atoms with Crippen LogP contribution >= 0.6 is 11.3 Å². The van der Waals surface area contributed by atoms with Gasteiger partial charge < -0.3 is 9.30 Å². The Balaban J connectivity index is 1.27. The molecule has 0 spiro atoms. The zero-order valence-corrected chi connectivity index (χ0v) is 17.8. The summed E-state index contributed by atoms with van der Waals surface area (Å²) in [6, 6.07) is 26.4. The molecule has 0 aliphatic heterocycles. The van der Waals surface area contributed by atoms with Crippen LogP contribution in [0, 0.1) is 0 Å². The normalized spacial score (nSPS) is 11.5. The molecular weight excluding hydrogens is 404 g/mol. The van der Waals surface area contributed by atoms with Gasteiger partial charge in [-0.1, -0.05) is 59.9 Å². The average molecular weight is 427 g/mol. The number of hydrogen-bond donors (Lipinski definition) is 1. The van der Waals surface area contributed by atoms with Crippen molar-refractivity contribution in [2.24, 2.45) is 5.10 Å². The number of fused-ring (bicyclic) bond motifs is 2. The molecule has 6 heteroatoms. The number of nitrogens with zero attached hydrogens (tertiary/aromatic N) is 3. The van der Waals surface area contributed by atoms with Crippen LogP contribution in [0.15, 0.2) is 90.2 Å². The highest BCUT2D eigenvalue weighted by atomic mass is 32.1. The summed E-state index contributed by atoms with van der Waals surface area (Å²) in [4.78, 5) is 4.56. The minimum absolute atomic E-state index is 0.680. The van der Waals surface area contributed by atoms with Gasteiger partial charge in [0.25, 0.3) is 0 Å². The molecule has 0 aliphatic rings. The summed E-state index contributed by atoms with van der Waals surface area (Å²) in [7, 11) is 0. The lowest BCUT2D eigenvalue weighted by Crippen LogP contribution is -2.03. The summed E-state index contributed by atoms with van der Waals surface area (Å²) in [5, 5.41) is 6.41. The fourth-order valence-electron chi connectivity index (χ4n) is 3.58. The van der Waals surface area contributed by atoms with Crippen molar-refractivity contribution >= 4 is 43.8 Å². The summed E-state index contributed by atoms with van der Waals surface area (Å²) in [6.07, 6.45) is 4.94. The number of rotatable bonds is 8. The van der Waals surface area contributed by atoms with E-state index in [4.69, 9.17) is 4.74 Å². The SMILES string of the molecule is C(=NNc1nc2ccccc2s1)c1cn(CCCOc2ccccc2)c2ccccc12. The maximum absolute atomic E-state index is 5.83. The van der Waals surface area contributed by atoms with Gasteiger partial charge in [-0.3, -0.25) is 5.43 Å². The Labute approximate surface area is 184 Å². The van der Waals surface area contributed by atoms with E-state index >= 15 is 0 Å². The smallest absolute Gasteiger partial charge is 0.204 e. The standard InChI is InChI=1S/C25H22N4OS/c1-2-9-20(10-3-1)30-16-8-15-29-18-19(21-11-4-6-13-23(21)29)17-26-28-25-27-22-12-5-7-14-24(22)31-25/h1-7,9-14,17-18H,8,15-16H2,(H,27,28). The fraction of sp³-hybridized carbons (Fsp3) is 0.120. The van der Waals surface area contributed by atoms with Crippen LogP contribution in [0.4, 0.5) is 5.13 Å². The van der Waals surface area contributed by atoms with E-state index in [0.29, 0.717) is 6.61 Å². The topological polar surface area (TPSA) is 51.4 Å². The quantitative estimate of drug-likeness (QED) is 0.183. The molecule has 0 fully saturated rings. The first-order valence-corrected chi connectivity index (χ1v) is 11.1. The lowest BCUT2D eigenvalue weighted by Gasteiger charge is -2.07. The largest absolute Gasteiger partial charge is 0.494 e. The molecule has 2 heterocycles. The number of anilines is 1. The van der Waals surface area contributed by atoms with Crippen LogP contribution in [0.2, 0.25) is 0 Å². The van der Waals surface area contributed by atoms with Gasteiger partial charge in [-0.2, -0.15) is 5.10 Å². The van der Waals surface area contributed by atoms with E-state index in [1.807, 2.05) is 54.7 Å². The number of nitrogens with one attached hydrogen (secondary N) is 1. The first kappa shape index (κ1) is 19.3. The summed E-state index contributed by atoms with van der Waals surface area (Å²) in [5.41, 5.74) is 6.34. The predicted molar refractivity (Wildman–Crippen MR) is 129 cm³/mol. The Morgan fingerprint density at radius 3 is 2.68 bits per heavy atom. The molecule has 0 radical (unpaired) electrons. The predicted octanol–water partition coefficient (Wildman–Crippen LogP) is 6.17. The highest BCUT2D eigenvalue weighted by Gasteiger charge is 2.07. The minimum Gasteiger partial charge on any atom is -0.494 e. The molecule has 31 heavy (non-hydrogen) atoms. The maximum Gasteiger partial charge on any atom is 0.204 e. The van der Waals surface area contributed by atoms with Crippen molar-refractivity contribution in [3.05, 3.63) is 90.6 Å². The Bertz CT molecular complexity index is 1290. The second kappa shape index (κ2) is 9.02. The Morgan fingerprint density at radius 1 is 0.968 bits per heavy atom. The van der Waals surface area contributed by atoms with E-state index < -0.39 is 0 Å². The number of hydrogen-bond acceptors (Lipinski definition) is 5. The van der Waals surface area contributed by atoms with Crippen molar-refractivity contribution in [3.63, 3.8) is 0 Å². The first-order valence-electron chi connectivity index (χ1n) is 10.3. The molecule has 3 aromatic carbocycles. The highest BCUT2D eigenvalue weighted by molar-refractivity contribution is 7.22. The van der Waals surface area contributed by atoms with Gasteiger partial charge in [0, 0.05) is 29.2 Å². The van der Waals surface area contributed by atoms with Crippen LogP contribution in [0.3, 0.4) is 0 Å². The monoisotopic (exact) mass is 426 g/mol. The van der Waals surface area contributed by atoms with Crippen LogP contribution in [0.1, 0.15) is 12.0 Å². The molecule has 0 aliphatic carbocycles. The molecule has 5 aromatic rings. The Morgan fingerprint density at radius 2 is 1.77 bits per heavy atom. The van der Waals surface area contributed by atoms with E-state index in [9.17, 15) is 0 Å². The third-order valence-corrected chi connectivity index (χ3v) is 5.97. The van der Waals surface area contributed by atoms with Gasteiger partial charge in [0.05, 0.1) is 23.0 Å². The van der Waals surface area contributed by atoms with Gasteiger partial charge in [-0.05, 0) is 36.8 Å². The van der Waals surface area contributed by atoms with E-state index in [1.54, 1.807) is 11.3 Å². The van der Waals surface area contributed by atoms with Gasteiger partial charge >= 0.3 is 0 Å². The molecule has 0 saturated carbocycles. The molecule has 0 unspecified atom stereocenters. The summed E-state index contributed by atoms with van der Waals surface area (Å²) in [5.74, 6) is 0.911. The number of benzene rings is 3. The van der Waals surface area contributed by atoms with Gasteiger partial charge in [-0.15, -0.1) is 0 Å². The van der Waals surface area contributed by atoms with Crippen LogP contribution in [0.25, 0.3) is 21.1 Å². The number of thiazole rings is 1. The number of para-hydroxylation sites is 3. The van der Waals surface area contributed by atoms with Crippen molar-refractivity contribution in [3.8, 4) is 5.75 Å².